The minimum Gasteiger partial charge on any atom is -0.443 e. The number of benzene rings is 1. The Morgan fingerprint density at radius 2 is 1.95 bits per heavy atom. The summed E-state index contributed by atoms with van der Waals surface area (Å²) >= 11 is 1.37. The molecule has 0 unspecified atom stereocenters. The average Bonchev–Trinajstić information content (AvgIpc) is 2.86. The average molecular weight is 303 g/mol. The quantitative estimate of drug-likeness (QED) is 0.863. The zero-order valence-corrected chi connectivity index (χ0v) is 12.8. The summed E-state index contributed by atoms with van der Waals surface area (Å²) in [4.78, 5) is 25.3. The molecule has 2 rings (SSSR count). The number of amides is 1. The fourth-order valence-electron chi connectivity index (χ4n) is 2.05. The van der Waals surface area contributed by atoms with Crippen LogP contribution in [0.2, 0.25) is 0 Å². The van der Waals surface area contributed by atoms with Crippen LogP contribution in [0.5, 0.6) is 0 Å². The third kappa shape index (κ3) is 3.49. The first-order valence-corrected chi connectivity index (χ1v) is 7.49. The van der Waals surface area contributed by atoms with Gasteiger partial charge in [-0.2, -0.15) is 0 Å². The molecule has 4 nitrogen and oxygen atoms in total. The molecule has 0 spiro atoms. The van der Waals surface area contributed by atoms with Crippen LogP contribution in [-0.2, 0) is 16.0 Å². The highest BCUT2D eigenvalue weighted by Gasteiger charge is 2.24. The fourth-order valence-corrected chi connectivity index (χ4v) is 3.05. The van der Waals surface area contributed by atoms with Crippen LogP contribution in [0.15, 0.2) is 36.4 Å². The first-order chi connectivity index (χ1) is 10.0. The summed E-state index contributed by atoms with van der Waals surface area (Å²) in [7, 11) is 0. The van der Waals surface area contributed by atoms with Gasteiger partial charge >= 0.3 is 5.97 Å². The topological polar surface area (TPSA) is 69.4 Å². The lowest BCUT2D eigenvalue weighted by molar-refractivity contribution is -0.127. The van der Waals surface area contributed by atoms with Crippen LogP contribution < -0.4 is 5.73 Å². The summed E-state index contributed by atoms with van der Waals surface area (Å²) in [5.41, 5.74) is 7.03. The molecule has 1 aromatic carbocycles. The molecule has 1 heterocycles. The number of hydrogen-bond donors (Lipinski definition) is 1. The van der Waals surface area contributed by atoms with E-state index < -0.39 is 18.0 Å². The van der Waals surface area contributed by atoms with Crippen molar-refractivity contribution in [2.24, 2.45) is 5.73 Å². The minimum absolute atomic E-state index is 0.492. The molecule has 0 aliphatic heterocycles. The van der Waals surface area contributed by atoms with Crippen molar-refractivity contribution in [3.05, 3.63) is 57.3 Å². The largest absolute Gasteiger partial charge is 0.443 e. The van der Waals surface area contributed by atoms with Crippen molar-refractivity contribution < 1.29 is 14.3 Å². The standard InChI is InChI=1S/C16H17NO3S/c1-3-11-9-13(21-10(11)2)16(19)20-14(15(17)18)12-7-5-4-6-8-12/h4-9,14H,3H2,1-2H3,(H2,17,18)/t14-/m0/s1. The van der Waals surface area contributed by atoms with Gasteiger partial charge in [0.25, 0.3) is 5.91 Å². The van der Waals surface area contributed by atoms with Gasteiger partial charge in [-0.25, -0.2) is 4.79 Å². The summed E-state index contributed by atoms with van der Waals surface area (Å²) in [6.45, 7) is 3.99. The van der Waals surface area contributed by atoms with Gasteiger partial charge in [0.15, 0.2) is 0 Å². The third-order valence-electron chi connectivity index (χ3n) is 3.19. The Bertz CT molecular complexity index is 649. The number of rotatable bonds is 5. The van der Waals surface area contributed by atoms with Gasteiger partial charge in [0.05, 0.1) is 0 Å². The molecule has 0 saturated heterocycles. The molecular formula is C16H17NO3S. The molecule has 5 heteroatoms. The molecule has 1 amide bonds. The summed E-state index contributed by atoms with van der Waals surface area (Å²) in [6, 6.07) is 10.6. The predicted molar refractivity (Wildman–Crippen MR) is 82.2 cm³/mol. The highest BCUT2D eigenvalue weighted by atomic mass is 32.1. The normalized spacial score (nSPS) is 11.9. The Labute approximate surface area is 127 Å². The Balaban J connectivity index is 2.21. The molecule has 1 aromatic heterocycles. The number of primary amides is 1. The first kappa shape index (κ1) is 15.3. The Kier molecular flexibility index (Phi) is 4.75. The molecule has 110 valence electrons. The number of thiophene rings is 1. The van der Waals surface area contributed by atoms with Gasteiger partial charge in [0.1, 0.15) is 4.88 Å². The van der Waals surface area contributed by atoms with Crippen molar-refractivity contribution in [3.63, 3.8) is 0 Å². The lowest BCUT2D eigenvalue weighted by atomic mass is 10.1. The van der Waals surface area contributed by atoms with E-state index in [1.165, 1.54) is 11.3 Å². The molecule has 2 N–H and O–H groups in total. The van der Waals surface area contributed by atoms with Crippen molar-refractivity contribution in [2.45, 2.75) is 26.4 Å². The molecule has 2 aromatic rings. The minimum atomic E-state index is -1.06. The van der Waals surface area contributed by atoms with Crippen LogP contribution in [0.3, 0.4) is 0 Å². The maximum atomic E-state index is 12.2. The lowest BCUT2D eigenvalue weighted by Gasteiger charge is -2.14. The zero-order valence-electron chi connectivity index (χ0n) is 12.0. The van der Waals surface area contributed by atoms with Crippen molar-refractivity contribution in [2.75, 3.05) is 0 Å². The van der Waals surface area contributed by atoms with Gasteiger partial charge in [-0.05, 0) is 25.0 Å². The van der Waals surface area contributed by atoms with Crippen molar-refractivity contribution in [3.8, 4) is 0 Å². The van der Waals surface area contributed by atoms with Gasteiger partial charge in [-0.15, -0.1) is 11.3 Å². The monoisotopic (exact) mass is 303 g/mol. The highest BCUT2D eigenvalue weighted by molar-refractivity contribution is 7.14. The van der Waals surface area contributed by atoms with E-state index in [1.54, 1.807) is 24.3 Å². The van der Waals surface area contributed by atoms with Crippen molar-refractivity contribution in [1.29, 1.82) is 0 Å². The first-order valence-electron chi connectivity index (χ1n) is 6.67. The molecule has 1 atom stereocenters. The molecule has 0 aliphatic carbocycles. The second kappa shape index (κ2) is 6.54. The maximum Gasteiger partial charge on any atom is 0.349 e. The van der Waals surface area contributed by atoms with Crippen LogP contribution in [0.1, 0.15) is 38.7 Å². The van der Waals surface area contributed by atoms with Crippen LogP contribution in [0.25, 0.3) is 0 Å². The van der Waals surface area contributed by atoms with E-state index in [0.29, 0.717) is 10.4 Å². The molecule has 0 aliphatic rings. The van der Waals surface area contributed by atoms with E-state index in [9.17, 15) is 9.59 Å². The summed E-state index contributed by atoms with van der Waals surface area (Å²) in [5.74, 6) is -1.20. The number of aryl methyl sites for hydroxylation is 2. The number of carbonyl (C=O) groups excluding carboxylic acids is 2. The molecule has 0 bridgehead atoms. The van der Waals surface area contributed by atoms with E-state index in [-0.39, 0.29) is 0 Å². The SMILES string of the molecule is CCc1cc(C(=O)O[C@H](C(N)=O)c2ccccc2)sc1C. The molecule has 0 radical (unpaired) electrons. The van der Waals surface area contributed by atoms with Gasteiger partial charge in [-0.3, -0.25) is 4.79 Å². The fraction of sp³-hybridized carbons (Fsp3) is 0.250. The second-order valence-corrected chi connectivity index (χ2v) is 5.90. The van der Waals surface area contributed by atoms with Crippen molar-refractivity contribution >= 4 is 23.2 Å². The Hall–Kier alpha value is -2.14. The van der Waals surface area contributed by atoms with Crippen LogP contribution >= 0.6 is 11.3 Å². The zero-order chi connectivity index (χ0) is 15.4. The van der Waals surface area contributed by atoms with E-state index in [1.807, 2.05) is 26.0 Å². The van der Waals surface area contributed by atoms with E-state index in [4.69, 9.17) is 10.5 Å². The number of hydrogen-bond acceptors (Lipinski definition) is 4. The third-order valence-corrected chi connectivity index (χ3v) is 4.26. The van der Waals surface area contributed by atoms with E-state index in [2.05, 4.69) is 0 Å². The highest BCUT2D eigenvalue weighted by Crippen LogP contribution is 2.25. The van der Waals surface area contributed by atoms with Gasteiger partial charge in [0.2, 0.25) is 6.10 Å². The summed E-state index contributed by atoms with van der Waals surface area (Å²) < 4.78 is 5.29. The van der Waals surface area contributed by atoms with E-state index in [0.717, 1.165) is 16.9 Å². The summed E-state index contributed by atoms with van der Waals surface area (Å²) in [5, 5.41) is 0. The lowest BCUT2D eigenvalue weighted by Crippen LogP contribution is -2.26. The van der Waals surface area contributed by atoms with Gasteiger partial charge in [-0.1, -0.05) is 37.3 Å². The van der Waals surface area contributed by atoms with Crippen LogP contribution in [0, 0.1) is 6.92 Å². The molecule has 0 fully saturated rings. The number of nitrogens with two attached hydrogens (primary N) is 1. The molecule has 0 saturated carbocycles. The Morgan fingerprint density at radius 3 is 2.48 bits per heavy atom. The molecular weight excluding hydrogens is 286 g/mol. The smallest absolute Gasteiger partial charge is 0.349 e. The molecule has 21 heavy (non-hydrogen) atoms. The summed E-state index contributed by atoms with van der Waals surface area (Å²) in [6.07, 6.45) is -0.209. The Morgan fingerprint density at radius 1 is 1.29 bits per heavy atom. The number of ether oxygens (including phenoxy) is 1. The second-order valence-electron chi connectivity index (χ2n) is 4.64. The van der Waals surface area contributed by atoms with Crippen LogP contribution in [0.4, 0.5) is 0 Å². The maximum absolute atomic E-state index is 12.2. The number of carbonyl (C=O) groups is 2. The van der Waals surface area contributed by atoms with Crippen LogP contribution in [-0.4, -0.2) is 11.9 Å². The number of esters is 1. The van der Waals surface area contributed by atoms with Gasteiger partial charge in [0, 0.05) is 10.4 Å². The van der Waals surface area contributed by atoms with Crippen molar-refractivity contribution in [1.82, 2.24) is 0 Å². The van der Waals surface area contributed by atoms with E-state index >= 15 is 0 Å². The van der Waals surface area contributed by atoms with Gasteiger partial charge < -0.3 is 10.5 Å². The predicted octanol–water partition coefficient (Wildman–Crippen LogP) is 3.00.